The van der Waals surface area contributed by atoms with E-state index < -0.39 is 0 Å². The topological polar surface area (TPSA) is 35.9 Å². The fraction of sp³-hybridized carbons (Fsp3) is 0.462. The van der Waals surface area contributed by atoms with Gasteiger partial charge in [-0.15, -0.1) is 0 Å². The molecule has 1 aromatic rings. The normalized spacial score (nSPS) is 9.20. The lowest BCUT2D eigenvalue weighted by molar-refractivity contribution is 0.899. The lowest BCUT2D eigenvalue weighted by atomic mass is 10.1. The maximum atomic E-state index is 7.26. The first-order valence-corrected chi connectivity index (χ1v) is 5.51. The summed E-state index contributed by atoms with van der Waals surface area (Å²) < 4.78 is 0. The lowest BCUT2D eigenvalue weighted by Gasteiger charge is -2.12. The van der Waals surface area contributed by atoms with Crippen molar-refractivity contribution in [1.82, 2.24) is 0 Å². The first kappa shape index (κ1) is 13.7. The van der Waals surface area contributed by atoms with E-state index in [1.165, 1.54) is 11.8 Å². The van der Waals surface area contributed by atoms with Crippen molar-refractivity contribution in [2.45, 2.75) is 40.7 Å². The van der Waals surface area contributed by atoms with E-state index in [-0.39, 0.29) is 0 Å². The van der Waals surface area contributed by atoms with Crippen molar-refractivity contribution < 1.29 is 0 Å². The van der Waals surface area contributed by atoms with Crippen LogP contribution in [-0.2, 0) is 0 Å². The van der Waals surface area contributed by atoms with Crippen molar-refractivity contribution in [3.63, 3.8) is 0 Å². The minimum atomic E-state index is 0.404. The van der Waals surface area contributed by atoms with Crippen LogP contribution in [0.4, 0.5) is 5.69 Å². The molecule has 1 aromatic carbocycles. The largest absolute Gasteiger partial charge is 0.382 e. The molecule has 0 aliphatic carbocycles. The van der Waals surface area contributed by atoms with E-state index in [0.29, 0.717) is 6.04 Å². The van der Waals surface area contributed by atoms with E-state index in [1.54, 1.807) is 0 Å². The molecule has 0 amide bonds. The molecule has 0 aliphatic heterocycles. The molecule has 2 nitrogen and oxygen atoms in total. The number of hydrogen-bond donors (Lipinski definition) is 2. The molecule has 0 heterocycles. The Hall–Kier alpha value is -1.31. The monoisotopic (exact) mass is 206 g/mol. The van der Waals surface area contributed by atoms with Crippen LogP contribution in [0.3, 0.4) is 0 Å². The maximum absolute atomic E-state index is 7.26. The van der Waals surface area contributed by atoms with Crippen LogP contribution in [0.1, 0.15) is 38.8 Å². The second kappa shape index (κ2) is 7.04. The Morgan fingerprint density at radius 1 is 1.27 bits per heavy atom. The number of anilines is 1. The molecule has 1 rings (SSSR count). The lowest BCUT2D eigenvalue weighted by Crippen LogP contribution is -2.11. The molecule has 0 aliphatic rings. The fourth-order valence-electron chi connectivity index (χ4n) is 1.24. The Morgan fingerprint density at radius 3 is 2.33 bits per heavy atom. The summed E-state index contributed by atoms with van der Waals surface area (Å²) in [7, 11) is 0. The third-order valence-electron chi connectivity index (χ3n) is 1.81. The number of hydrogen-bond acceptors (Lipinski definition) is 2. The zero-order valence-electron chi connectivity index (χ0n) is 10.4. The molecular weight excluding hydrogens is 184 g/mol. The first-order chi connectivity index (χ1) is 7.13. The molecule has 0 saturated carbocycles. The summed E-state index contributed by atoms with van der Waals surface area (Å²) in [6.45, 7) is 10.2. The van der Waals surface area contributed by atoms with Gasteiger partial charge in [-0.3, -0.25) is 0 Å². The number of rotatable bonds is 3. The average molecular weight is 206 g/mol. The maximum Gasteiger partial charge on any atom is 0.0431 e. The van der Waals surface area contributed by atoms with E-state index in [2.05, 4.69) is 25.2 Å². The van der Waals surface area contributed by atoms with Gasteiger partial charge in [0.2, 0.25) is 0 Å². The number of aryl methyl sites for hydroxylation is 1. The zero-order valence-corrected chi connectivity index (χ0v) is 10.4. The third-order valence-corrected chi connectivity index (χ3v) is 1.81. The number of benzene rings is 1. The average Bonchev–Trinajstić information content (AvgIpc) is 2.23. The second-order valence-corrected chi connectivity index (χ2v) is 3.53. The molecule has 15 heavy (non-hydrogen) atoms. The summed E-state index contributed by atoms with van der Waals surface area (Å²) in [5.41, 5.74) is 3.18. The smallest absolute Gasteiger partial charge is 0.0431 e. The van der Waals surface area contributed by atoms with E-state index >= 15 is 0 Å². The van der Waals surface area contributed by atoms with Gasteiger partial charge < -0.3 is 10.7 Å². The SMILES string of the molecule is CC.Cc1ccc(NC(C)C)c(C=N)c1. The van der Waals surface area contributed by atoms with Crippen LogP contribution in [0.5, 0.6) is 0 Å². The Balaban J connectivity index is 0.000000921. The number of nitrogens with one attached hydrogen (secondary N) is 2. The molecule has 0 radical (unpaired) electrons. The van der Waals surface area contributed by atoms with Crippen molar-refractivity contribution in [2.75, 3.05) is 5.32 Å². The molecule has 0 aromatic heterocycles. The minimum absolute atomic E-state index is 0.404. The van der Waals surface area contributed by atoms with Crippen LogP contribution in [-0.4, -0.2) is 12.3 Å². The van der Waals surface area contributed by atoms with E-state index in [1.807, 2.05) is 32.9 Å². The molecule has 2 heteroatoms. The zero-order chi connectivity index (χ0) is 11.8. The van der Waals surface area contributed by atoms with Gasteiger partial charge in [-0.25, -0.2) is 0 Å². The summed E-state index contributed by atoms with van der Waals surface area (Å²) >= 11 is 0. The van der Waals surface area contributed by atoms with Crippen LogP contribution in [0.25, 0.3) is 0 Å². The van der Waals surface area contributed by atoms with E-state index in [0.717, 1.165) is 11.3 Å². The Labute approximate surface area is 93.2 Å². The highest BCUT2D eigenvalue weighted by Gasteiger charge is 2.00. The molecule has 0 saturated heterocycles. The van der Waals surface area contributed by atoms with Crippen LogP contribution in [0, 0.1) is 12.3 Å². The summed E-state index contributed by atoms with van der Waals surface area (Å²) in [6, 6.07) is 6.49. The van der Waals surface area contributed by atoms with E-state index in [9.17, 15) is 0 Å². The molecule has 84 valence electrons. The molecular formula is C13H22N2. The Morgan fingerprint density at radius 2 is 1.87 bits per heavy atom. The molecule has 0 unspecified atom stereocenters. The van der Waals surface area contributed by atoms with Gasteiger partial charge in [-0.2, -0.15) is 0 Å². The van der Waals surface area contributed by atoms with Gasteiger partial charge in [0.1, 0.15) is 0 Å². The van der Waals surface area contributed by atoms with Crippen LogP contribution in [0.2, 0.25) is 0 Å². The predicted octanol–water partition coefficient (Wildman–Crippen LogP) is 3.84. The van der Waals surface area contributed by atoms with Crippen LogP contribution < -0.4 is 5.32 Å². The van der Waals surface area contributed by atoms with Gasteiger partial charge in [-0.1, -0.05) is 25.5 Å². The molecule has 0 atom stereocenters. The van der Waals surface area contributed by atoms with Crippen molar-refractivity contribution in [3.8, 4) is 0 Å². The third kappa shape index (κ3) is 4.63. The van der Waals surface area contributed by atoms with Crippen LogP contribution >= 0.6 is 0 Å². The molecule has 0 fully saturated rings. The van der Waals surface area contributed by atoms with Gasteiger partial charge in [0.05, 0.1) is 0 Å². The van der Waals surface area contributed by atoms with Crippen molar-refractivity contribution in [1.29, 1.82) is 5.41 Å². The quantitative estimate of drug-likeness (QED) is 0.724. The second-order valence-electron chi connectivity index (χ2n) is 3.53. The summed E-state index contributed by atoms with van der Waals surface area (Å²) in [5.74, 6) is 0. The predicted molar refractivity (Wildman–Crippen MR) is 69.2 cm³/mol. The Kier molecular flexibility index (Phi) is 6.43. The van der Waals surface area contributed by atoms with Gasteiger partial charge in [-0.05, 0) is 32.9 Å². The Bertz CT molecular complexity index is 303. The van der Waals surface area contributed by atoms with Gasteiger partial charge in [0.15, 0.2) is 0 Å². The van der Waals surface area contributed by atoms with E-state index in [4.69, 9.17) is 5.41 Å². The highest BCUT2D eigenvalue weighted by atomic mass is 14.9. The van der Waals surface area contributed by atoms with Crippen molar-refractivity contribution >= 4 is 11.9 Å². The van der Waals surface area contributed by atoms with Gasteiger partial charge in [0.25, 0.3) is 0 Å². The summed E-state index contributed by atoms with van der Waals surface area (Å²) in [6.07, 6.45) is 1.39. The fourth-order valence-corrected chi connectivity index (χ4v) is 1.24. The summed E-state index contributed by atoms with van der Waals surface area (Å²) in [4.78, 5) is 0. The highest BCUT2D eigenvalue weighted by Crippen LogP contribution is 2.15. The standard InChI is InChI=1S/C11H16N2.C2H6/c1-8(2)13-11-5-4-9(3)6-10(11)7-12;1-2/h4-8,12-13H,1-3H3;1-2H3. The van der Waals surface area contributed by atoms with Crippen molar-refractivity contribution in [2.24, 2.45) is 0 Å². The van der Waals surface area contributed by atoms with Crippen molar-refractivity contribution in [3.05, 3.63) is 29.3 Å². The molecule has 2 N–H and O–H groups in total. The summed E-state index contributed by atoms with van der Waals surface area (Å²) in [5, 5.41) is 10.6. The molecule has 0 spiro atoms. The van der Waals surface area contributed by atoms with Crippen LogP contribution in [0.15, 0.2) is 18.2 Å². The molecule has 0 bridgehead atoms. The van der Waals surface area contributed by atoms with Gasteiger partial charge >= 0.3 is 0 Å². The minimum Gasteiger partial charge on any atom is -0.382 e. The first-order valence-electron chi connectivity index (χ1n) is 5.51. The van der Waals surface area contributed by atoms with Gasteiger partial charge in [0, 0.05) is 23.5 Å². The highest BCUT2D eigenvalue weighted by molar-refractivity contribution is 5.86.